The van der Waals surface area contributed by atoms with E-state index >= 15 is 0 Å². The summed E-state index contributed by atoms with van der Waals surface area (Å²) in [6, 6.07) is 1.75. The molecular weight excluding hydrogens is 216 g/mol. The van der Waals surface area contributed by atoms with Crippen LogP contribution in [0.5, 0.6) is 0 Å². The molecule has 0 saturated heterocycles. The molecule has 1 aliphatic rings. The van der Waals surface area contributed by atoms with Gasteiger partial charge in [-0.2, -0.15) is 0 Å². The first-order valence-electron chi connectivity index (χ1n) is 6.27. The van der Waals surface area contributed by atoms with Crippen LogP contribution in [0.25, 0.3) is 0 Å². The third-order valence-electron chi connectivity index (χ3n) is 3.50. The summed E-state index contributed by atoms with van der Waals surface area (Å²) in [6.07, 6.45) is 6.70. The number of hydrogen-bond acceptors (Lipinski definition) is 3. The van der Waals surface area contributed by atoms with Crippen LogP contribution in [0.15, 0.2) is 12.3 Å². The van der Waals surface area contributed by atoms with Crippen molar-refractivity contribution in [3.05, 3.63) is 23.8 Å². The molecule has 4 heteroatoms. The summed E-state index contributed by atoms with van der Waals surface area (Å²) >= 11 is 0. The second-order valence-electron chi connectivity index (χ2n) is 4.61. The highest BCUT2D eigenvalue weighted by Gasteiger charge is 2.33. The number of hydrogen-bond donors (Lipinski definition) is 1. The van der Waals surface area contributed by atoms with Crippen LogP contribution in [0.2, 0.25) is 0 Å². The largest absolute Gasteiger partial charge is 0.481 e. The first kappa shape index (κ1) is 12.0. The van der Waals surface area contributed by atoms with Crippen LogP contribution in [-0.2, 0) is 11.2 Å². The quantitative estimate of drug-likeness (QED) is 0.868. The van der Waals surface area contributed by atoms with Gasteiger partial charge in [-0.1, -0.05) is 19.8 Å². The Hall–Kier alpha value is -1.45. The van der Waals surface area contributed by atoms with Gasteiger partial charge in [-0.05, 0) is 24.8 Å². The van der Waals surface area contributed by atoms with Gasteiger partial charge in [0.15, 0.2) is 0 Å². The molecule has 0 amide bonds. The number of carboxylic acid groups (broad SMARTS) is 1. The monoisotopic (exact) mass is 234 g/mol. The zero-order valence-corrected chi connectivity index (χ0v) is 10.1. The van der Waals surface area contributed by atoms with Gasteiger partial charge in [-0.25, -0.2) is 9.97 Å². The minimum absolute atomic E-state index is 0.243. The Morgan fingerprint density at radius 3 is 2.82 bits per heavy atom. The third-order valence-corrected chi connectivity index (χ3v) is 3.50. The number of aliphatic carboxylic acids is 1. The van der Waals surface area contributed by atoms with Crippen LogP contribution in [0, 0.1) is 5.92 Å². The lowest BCUT2D eigenvalue weighted by Crippen LogP contribution is -2.21. The molecule has 0 radical (unpaired) electrons. The maximum atomic E-state index is 11.4. The van der Waals surface area contributed by atoms with E-state index in [0.717, 1.165) is 37.9 Å². The second kappa shape index (κ2) is 5.25. The molecule has 1 aromatic rings. The summed E-state index contributed by atoms with van der Waals surface area (Å²) in [6.45, 7) is 1.98. The lowest BCUT2D eigenvalue weighted by molar-refractivity contribution is -0.140. The van der Waals surface area contributed by atoms with E-state index in [1.54, 1.807) is 12.3 Å². The van der Waals surface area contributed by atoms with Crippen LogP contribution in [-0.4, -0.2) is 21.0 Å². The van der Waals surface area contributed by atoms with Crippen molar-refractivity contribution >= 4 is 5.97 Å². The predicted molar refractivity (Wildman–Crippen MR) is 63.7 cm³/mol. The minimum atomic E-state index is -0.752. The van der Waals surface area contributed by atoms with E-state index in [-0.39, 0.29) is 5.92 Å². The number of rotatable bonds is 4. The Labute approximate surface area is 101 Å². The zero-order chi connectivity index (χ0) is 12.3. The molecule has 0 spiro atoms. The van der Waals surface area contributed by atoms with Crippen molar-refractivity contribution in [3.8, 4) is 0 Å². The van der Waals surface area contributed by atoms with E-state index < -0.39 is 11.9 Å². The molecule has 1 unspecified atom stereocenters. The van der Waals surface area contributed by atoms with Gasteiger partial charge in [0.2, 0.25) is 0 Å². The van der Waals surface area contributed by atoms with Gasteiger partial charge in [0.25, 0.3) is 0 Å². The van der Waals surface area contributed by atoms with E-state index in [9.17, 15) is 9.90 Å². The molecule has 17 heavy (non-hydrogen) atoms. The number of aromatic nitrogens is 2. The summed E-state index contributed by atoms with van der Waals surface area (Å²) in [5, 5.41) is 9.39. The third kappa shape index (κ3) is 2.62. The first-order valence-corrected chi connectivity index (χ1v) is 6.27. The van der Waals surface area contributed by atoms with E-state index in [1.807, 2.05) is 6.92 Å². The molecule has 0 aliphatic heterocycles. The molecule has 2 rings (SSSR count). The number of carboxylic acids is 1. The van der Waals surface area contributed by atoms with Crippen molar-refractivity contribution in [1.29, 1.82) is 0 Å². The minimum Gasteiger partial charge on any atom is -0.481 e. The average Bonchev–Trinajstić information content (AvgIpc) is 2.83. The molecule has 1 saturated carbocycles. The topological polar surface area (TPSA) is 63.1 Å². The van der Waals surface area contributed by atoms with Crippen molar-refractivity contribution in [1.82, 2.24) is 9.97 Å². The Morgan fingerprint density at radius 2 is 2.24 bits per heavy atom. The van der Waals surface area contributed by atoms with Crippen molar-refractivity contribution in [2.45, 2.75) is 44.9 Å². The summed E-state index contributed by atoms with van der Waals surface area (Å²) in [4.78, 5) is 19.9. The highest BCUT2D eigenvalue weighted by molar-refractivity contribution is 5.75. The van der Waals surface area contributed by atoms with Gasteiger partial charge in [0.05, 0.1) is 5.69 Å². The molecule has 1 aliphatic carbocycles. The normalized spacial score (nSPS) is 18.2. The van der Waals surface area contributed by atoms with Crippen LogP contribution < -0.4 is 0 Å². The van der Waals surface area contributed by atoms with Crippen LogP contribution >= 0.6 is 0 Å². The summed E-state index contributed by atoms with van der Waals surface area (Å²) < 4.78 is 0. The summed E-state index contributed by atoms with van der Waals surface area (Å²) in [5.74, 6) is -0.234. The zero-order valence-electron chi connectivity index (χ0n) is 10.1. The lowest BCUT2D eigenvalue weighted by Gasteiger charge is -2.18. The average molecular weight is 234 g/mol. The van der Waals surface area contributed by atoms with Crippen molar-refractivity contribution in [2.24, 2.45) is 5.92 Å². The molecule has 1 fully saturated rings. The van der Waals surface area contributed by atoms with E-state index in [4.69, 9.17) is 0 Å². The van der Waals surface area contributed by atoms with Gasteiger partial charge < -0.3 is 5.11 Å². The lowest BCUT2D eigenvalue weighted by atomic mass is 9.88. The van der Waals surface area contributed by atoms with Crippen molar-refractivity contribution < 1.29 is 9.90 Å². The number of nitrogens with zero attached hydrogens (tertiary/aromatic N) is 2. The SMILES string of the molecule is CCc1nccc(C(C(=O)O)C2CCCC2)n1. The highest BCUT2D eigenvalue weighted by atomic mass is 16.4. The van der Waals surface area contributed by atoms with E-state index in [0.29, 0.717) is 5.69 Å². The molecule has 1 N–H and O–H groups in total. The molecule has 4 nitrogen and oxygen atoms in total. The number of carbonyl (C=O) groups is 1. The smallest absolute Gasteiger partial charge is 0.312 e. The van der Waals surface area contributed by atoms with Gasteiger partial charge in [-0.15, -0.1) is 0 Å². The number of aryl methyl sites for hydroxylation is 1. The highest BCUT2D eigenvalue weighted by Crippen LogP contribution is 2.36. The second-order valence-corrected chi connectivity index (χ2v) is 4.61. The maximum Gasteiger partial charge on any atom is 0.312 e. The molecule has 0 aromatic carbocycles. The Bertz CT molecular complexity index is 400. The molecule has 1 heterocycles. The van der Waals surface area contributed by atoms with Gasteiger partial charge >= 0.3 is 5.97 Å². The first-order chi connectivity index (χ1) is 8.22. The van der Waals surface area contributed by atoms with Crippen molar-refractivity contribution in [3.63, 3.8) is 0 Å². The fourth-order valence-corrected chi connectivity index (χ4v) is 2.62. The standard InChI is InChI=1S/C13H18N2O2/c1-2-11-14-8-7-10(15-11)12(13(16)17)9-5-3-4-6-9/h7-9,12H,2-6H2,1H3,(H,16,17). The Kier molecular flexibility index (Phi) is 3.71. The summed E-state index contributed by atoms with van der Waals surface area (Å²) in [7, 11) is 0. The molecule has 1 aromatic heterocycles. The maximum absolute atomic E-state index is 11.4. The van der Waals surface area contributed by atoms with E-state index in [1.165, 1.54) is 0 Å². The van der Waals surface area contributed by atoms with Crippen LogP contribution in [0.4, 0.5) is 0 Å². The fourth-order valence-electron chi connectivity index (χ4n) is 2.62. The van der Waals surface area contributed by atoms with Gasteiger partial charge in [0.1, 0.15) is 11.7 Å². The molecular formula is C13H18N2O2. The van der Waals surface area contributed by atoms with Crippen molar-refractivity contribution in [2.75, 3.05) is 0 Å². The molecule has 1 atom stereocenters. The van der Waals surface area contributed by atoms with Gasteiger partial charge in [-0.3, -0.25) is 4.79 Å². The Morgan fingerprint density at radius 1 is 1.53 bits per heavy atom. The summed E-state index contributed by atoms with van der Waals surface area (Å²) in [5.41, 5.74) is 0.677. The molecule has 0 bridgehead atoms. The molecule has 92 valence electrons. The Balaban J connectivity index is 2.28. The van der Waals surface area contributed by atoms with Crippen LogP contribution in [0.1, 0.15) is 50.0 Å². The predicted octanol–water partition coefficient (Wildman–Crippen LogP) is 2.40. The fraction of sp³-hybridized carbons (Fsp3) is 0.615. The van der Waals surface area contributed by atoms with Crippen LogP contribution in [0.3, 0.4) is 0 Å². The van der Waals surface area contributed by atoms with E-state index in [2.05, 4.69) is 9.97 Å². The van der Waals surface area contributed by atoms with Gasteiger partial charge in [0, 0.05) is 12.6 Å².